The number of hydrogen-bond donors (Lipinski definition) is 1. The molecule has 0 radical (unpaired) electrons. The molecule has 2 aromatic rings. The Morgan fingerprint density at radius 3 is 2.48 bits per heavy atom. The summed E-state index contributed by atoms with van der Waals surface area (Å²) in [5.41, 5.74) is 1.30. The standard InChI is InChI=1S/C19H19F3N2O3/c1-10-6-11(2)23-17(25)14(10)9-24-5-4-12-7-15(19(20,21)22)16(27-3)8-13(12)18(24)26/h6-8H,4-5,9H2,1-3H3,(H,23,25). The second kappa shape index (κ2) is 6.75. The number of H-pyrrole nitrogens is 1. The van der Waals surface area contributed by atoms with Gasteiger partial charge in [-0.3, -0.25) is 9.59 Å². The van der Waals surface area contributed by atoms with Crippen molar-refractivity contribution in [2.24, 2.45) is 0 Å². The average molecular weight is 380 g/mol. The highest BCUT2D eigenvalue weighted by Crippen LogP contribution is 2.39. The third kappa shape index (κ3) is 3.56. The fraction of sp³-hybridized carbons (Fsp3) is 0.368. The monoisotopic (exact) mass is 380 g/mol. The van der Waals surface area contributed by atoms with Gasteiger partial charge in [0.15, 0.2) is 0 Å². The number of aromatic amines is 1. The van der Waals surface area contributed by atoms with E-state index in [1.54, 1.807) is 13.8 Å². The van der Waals surface area contributed by atoms with Crippen molar-refractivity contribution in [1.29, 1.82) is 0 Å². The van der Waals surface area contributed by atoms with E-state index in [4.69, 9.17) is 4.74 Å². The van der Waals surface area contributed by atoms with E-state index < -0.39 is 17.6 Å². The molecule has 1 aliphatic rings. The molecule has 1 aromatic carbocycles. The van der Waals surface area contributed by atoms with Crippen LogP contribution in [0.2, 0.25) is 0 Å². The molecule has 0 saturated heterocycles. The molecule has 0 spiro atoms. The van der Waals surface area contributed by atoms with Crippen molar-refractivity contribution in [3.63, 3.8) is 0 Å². The predicted octanol–water partition coefficient (Wildman–Crippen LogP) is 3.22. The van der Waals surface area contributed by atoms with E-state index in [2.05, 4.69) is 4.98 Å². The van der Waals surface area contributed by atoms with Crippen LogP contribution in [0.15, 0.2) is 23.0 Å². The molecule has 8 heteroatoms. The molecule has 0 bridgehead atoms. The third-order valence-corrected chi connectivity index (χ3v) is 4.74. The summed E-state index contributed by atoms with van der Waals surface area (Å²) < 4.78 is 44.4. The Balaban J connectivity index is 1.96. The Kier molecular flexibility index (Phi) is 4.75. The van der Waals surface area contributed by atoms with Crippen LogP contribution in [0.5, 0.6) is 5.75 Å². The van der Waals surface area contributed by atoms with Crippen LogP contribution in [0, 0.1) is 13.8 Å². The quantitative estimate of drug-likeness (QED) is 0.889. The Labute approximate surface area is 153 Å². The summed E-state index contributed by atoms with van der Waals surface area (Å²) in [4.78, 5) is 29.2. The Bertz CT molecular complexity index is 964. The lowest BCUT2D eigenvalue weighted by molar-refractivity contribution is -0.138. The van der Waals surface area contributed by atoms with Crippen LogP contribution in [0.25, 0.3) is 0 Å². The number of nitrogens with one attached hydrogen (secondary N) is 1. The molecular formula is C19H19F3N2O3. The highest BCUT2D eigenvalue weighted by molar-refractivity contribution is 5.97. The van der Waals surface area contributed by atoms with Crippen LogP contribution in [0.1, 0.15) is 38.3 Å². The Morgan fingerprint density at radius 1 is 1.19 bits per heavy atom. The van der Waals surface area contributed by atoms with Crippen molar-refractivity contribution in [3.05, 3.63) is 62.1 Å². The molecule has 0 aliphatic carbocycles. The number of pyridine rings is 1. The number of nitrogens with zero attached hydrogens (tertiary/aromatic N) is 1. The van der Waals surface area contributed by atoms with E-state index in [9.17, 15) is 22.8 Å². The van der Waals surface area contributed by atoms with Gasteiger partial charge in [-0.15, -0.1) is 0 Å². The Hall–Kier alpha value is -2.77. The van der Waals surface area contributed by atoms with Gasteiger partial charge in [-0.25, -0.2) is 0 Å². The van der Waals surface area contributed by atoms with Crippen molar-refractivity contribution in [2.75, 3.05) is 13.7 Å². The largest absolute Gasteiger partial charge is 0.496 e. The number of alkyl halides is 3. The number of hydrogen-bond acceptors (Lipinski definition) is 3. The first-order valence-electron chi connectivity index (χ1n) is 8.38. The van der Waals surface area contributed by atoms with Gasteiger partial charge >= 0.3 is 6.18 Å². The molecule has 1 aromatic heterocycles. The van der Waals surface area contributed by atoms with Gasteiger partial charge in [0.2, 0.25) is 0 Å². The van der Waals surface area contributed by atoms with Gasteiger partial charge in [-0.05, 0) is 49.6 Å². The number of aromatic nitrogens is 1. The number of benzene rings is 1. The van der Waals surface area contributed by atoms with Gasteiger partial charge in [-0.1, -0.05) is 0 Å². The Morgan fingerprint density at radius 2 is 1.89 bits per heavy atom. The molecular weight excluding hydrogens is 361 g/mol. The number of ether oxygens (including phenoxy) is 1. The number of carbonyl (C=O) groups is 1. The molecule has 1 amide bonds. The molecule has 3 rings (SSSR count). The highest BCUT2D eigenvalue weighted by atomic mass is 19.4. The maximum atomic E-state index is 13.2. The number of methoxy groups -OCH3 is 1. The molecule has 0 atom stereocenters. The van der Waals surface area contributed by atoms with E-state index >= 15 is 0 Å². The fourth-order valence-corrected chi connectivity index (χ4v) is 3.37. The van der Waals surface area contributed by atoms with Crippen molar-refractivity contribution in [2.45, 2.75) is 33.0 Å². The second-order valence-corrected chi connectivity index (χ2v) is 6.63. The first-order valence-corrected chi connectivity index (χ1v) is 8.38. The summed E-state index contributed by atoms with van der Waals surface area (Å²) in [5.74, 6) is -0.802. The van der Waals surface area contributed by atoms with Crippen LogP contribution in [-0.2, 0) is 19.1 Å². The van der Waals surface area contributed by atoms with Crippen LogP contribution >= 0.6 is 0 Å². The average Bonchev–Trinajstić information content (AvgIpc) is 2.58. The van der Waals surface area contributed by atoms with E-state index in [0.29, 0.717) is 11.1 Å². The molecule has 144 valence electrons. The zero-order valence-electron chi connectivity index (χ0n) is 15.2. The number of rotatable bonds is 3. The normalized spacial score (nSPS) is 14.3. The molecule has 0 unspecified atom stereocenters. The summed E-state index contributed by atoms with van der Waals surface area (Å²) in [6.45, 7) is 3.90. The topological polar surface area (TPSA) is 62.4 Å². The van der Waals surface area contributed by atoms with Crippen molar-refractivity contribution in [3.8, 4) is 5.75 Å². The third-order valence-electron chi connectivity index (χ3n) is 4.74. The van der Waals surface area contributed by atoms with Gasteiger partial charge in [-0.2, -0.15) is 13.2 Å². The molecule has 1 aliphatic heterocycles. The molecule has 2 heterocycles. The van der Waals surface area contributed by atoms with Gasteiger partial charge in [0.25, 0.3) is 11.5 Å². The summed E-state index contributed by atoms with van der Waals surface area (Å²) in [6.07, 6.45) is -4.29. The lowest BCUT2D eigenvalue weighted by Crippen LogP contribution is -2.39. The first-order chi connectivity index (χ1) is 12.6. The van der Waals surface area contributed by atoms with Crippen LogP contribution in [0.3, 0.4) is 0 Å². The van der Waals surface area contributed by atoms with Crippen LogP contribution in [-0.4, -0.2) is 29.4 Å². The van der Waals surface area contributed by atoms with Gasteiger partial charge in [0.05, 0.1) is 19.2 Å². The minimum Gasteiger partial charge on any atom is -0.496 e. The minimum atomic E-state index is -4.56. The summed E-state index contributed by atoms with van der Waals surface area (Å²) >= 11 is 0. The SMILES string of the molecule is COc1cc2c(cc1C(F)(F)F)CCN(Cc1c(C)cc(C)[nH]c1=O)C2=O. The second-order valence-electron chi connectivity index (χ2n) is 6.63. The van der Waals surface area contributed by atoms with Gasteiger partial charge in [0.1, 0.15) is 5.75 Å². The van der Waals surface area contributed by atoms with Crippen molar-refractivity contribution < 1.29 is 22.7 Å². The predicted molar refractivity (Wildman–Crippen MR) is 93.0 cm³/mol. The summed E-state index contributed by atoms with van der Waals surface area (Å²) in [5, 5.41) is 0. The molecule has 0 fully saturated rings. The van der Waals surface area contributed by atoms with Crippen molar-refractivity contribution in [1.82, 2.24) is 9.88 Å². The van der Waals surface area contributed by atoms with E-state index in [-0.39, 0.29) is 36.4 Å². The first kappa shape index (κ1) is 19.0. The molecule has 27 heavy (non-hydrogen) atoms. The fourth-order valence-electron chi connectivity index (χ4n) is 3.37. The molecule has 0 saturated carbocycles. The number of amides is 1. The molecule has 1 N–H and O–H groups in total. The summed E-state index contributed by atoms with van der Waals surface area (Å²) in [7, 11) is 1.14. The molecule has 5 nitrogen and oxygen atoms in total. The maximum Gasteiger partial charge on any atom is 0.419 e. The van der Waals surface area contributed by atoms with Crippen LogP contribution in [0.4, 0.5) is 13.2 Å². The smallest absolute Gasteiger partial charge is 0.419 e. The number of carbonyl (C=O) groups excluding carboxylic acids is 1. The van der Waals surface area contributed by atoms with Gasteiger partial charge in [0, 0.05) is 23.4 Å². The zero-order chi connectivity index (χ0) is 19.9. The number of aryl methyl sites for hydroxylation is 2. The van der Waals surface area contributed by atoms with Gasteiger partial charge < -0.3 is 14.6 Å². The van der Waals surface area contributed by atoms with Crippen LogP contribution < -0.4 is 10.3 Å². The number of halogens is 3. The lowest BCUT2D eigenvalue weighted by Gasteiger charge is -2.30. The van der Waals surface area contributed by atoms with Crippen molar-refractivity contribution >= 4 is 5.91 Å². The minimum absolute atomic E-state index is 0.100. The van der Waals surface area contributed by atoms with E-state index in [0.717, 1.165) is 30.5 Å². The maximum absolute atomic E-state index is 13.2. The number of fused-ring (bicyclic) bond motifs is 1. The highest BCUT2D eigenvalue weighted by Gasteiger charge is 2.37. The lowest BCUT2D eigenvalue weighted by atomic mass is 9.95. The van der Waals surface area contributed by atoms with E-state index in [1.165, 1.54) is 4.90 Å². The van der Waals surface area contributed by atoms with E-state index in [1.807, 2.05) is 6.07 Å². The zero-order valence-corrected chi connectivity index (χ0v) is 15.2. The summed E-state index contributed by atoms with van der Waals surface area (Å²) in [6, 6.07) is 3.93.